The van der Waals surface area contributed by atoms with Crippen molar-refractivity contribution in [1.82, 2.24) is 5.32 Å². The number of hydrogen-bond donors (Lipinski definition) is 1. The summed E-state index contributed by atoms with van der Waals surface area (Å²) < 4.78 is 0. The quantitative estimate of drug-likeness (QED) is 0.836. The summed E-state index contributed by atoms with van der Waals surface area (Å²) in [6, 6.07) is 7.38. The lowest BCUT2D eigenvalue weighted by Gasteiger charge is -2.10. The van der Waals surface area contributed by atoms with Gasteiger partial charge >= 0.3 is 0 Å². The molecule has 0 aliphatic heterocycles. The Kier molecular flexibility index (Phi) is 4.23. The van der Waals surface area contributed by atoms with E-state index in [1.807, 2.05) is 31.2 Å². The van der Waals surface area contributed by atoms with Gasteiger partial charge in [-0.3, -0.25) is 9.59 Å². The molecule has 0 fully saturated rings. The van der Waals surface area contributed by atoms with Crippen molar-refractivity contribution in [1.29, 1.82) is 0 Å². The van der Waals surface area contributed by atoms with Crippen LogP contribution in [0.15, 0.2) is 24.3 Å². The third kappa shape index (κ3) is 3.85. The number of ketones is 1. The van der Waals surface area contributed by atoms with Crippen molar-refractivity contribution in [2.24, 2.45) is 0 Å². The van der Waals surface area contributed by atoms with Crippen molar-refractivity contribution in [3.63, 3.8) is 0 Å². The van der Waals surface area contributed by atoms with Crippen LogP contribution in [0.5, 0.6) is 0 Å². The van der Waals surface area contributed by atoms with Gasteiger partial charge in [0.1, 0.15) is 0 Å². The molecular formula is C13H17NO2. The Balaban J connectivity index is 2.55. The number of carbonyl (C=O) groups is 2. The maximum Gasteiger partial charge on any atom is 0.224 e. The van der Waals surface area contributed by atoms with Gasteiger partial charge in [-0.2, -0.15) is 0 Å². The molecule has 0 saturated carbocycles. The molecule has 0 aromatic heterocycles. The molecule has 0 aliphatic carbocycles. The molecule has 0 saturated heterocycles. The second-order valence-electron chi connectivity index (χ2n) is 4.07. The van der Waals surface area contributed by atoms with E-state index in [-0.39, 0.29) is 11.7 Å². The lowest BCUT2D eigenvalue weighted by molar-refractivity contribution is -0.126. The number of Topliss-reactive ketones (excluding diaryl/α,β-unsaturated/α-hetero) is 1. The molecule has 1 rings (SSSR count). The molecule has 3 heteroatoms. The highest BCUT2D eigenvalue weighted by Gasteiger charge is 2.11. The van der Waals surface area contributed by atoms with Gasteiger partial charge in [0.2, 0.25) is 5.91 Å². The number of carbonyl (C=O) groups excluding carboxylic acids is 2. The average molecular weight is 219 g/mol. The van der Waals surface area contributed by atoms with Crippen LogP contribution in [0.3, 0.4) is 0 Å². The molecule has 0 bridgehead atoms. The van der Waals surface area contributed by atoms with Gasteiger partial charge in [-0.05, 0) is 26.3 Å². The molecule has 1 unspecified atom stereocenters. The number of amides is 1. The summed E-state index contributed by atoms with van der Waals surface area (Å²) in [5, 5.41) is 2.66. The first kappa shape index (κ1) is 12.4. The van der Waals surface area contributed by atoms with E-state index >= 15 is 0 Å². The lowest BCUT2D eigenvalue weighted by Crippen LogP contribution is -2.38. The third-order valence-corrected chi connectivity index (χ3v) is 2.43. The van der Waals surface area contributed by atoms with Crippen molar-refractivity contribution in [3.8, 4) is 0 Å². The lowest BCUT2D eigenvalue weighted by atomic mass is 10.1. The molecule has 1 aromatic carbocycles. The largest absolute Gasteiger partial charge is 0.346 e. The summed E-state index contributed by atoms with van der Waals surface area (Å²) >= 11 is 0. The van der Waals surface area contributed by atoms with Gasteiger partial charge < -0.3 is 5.32 Å². The first-order valence-electron chi connectivity index (χ1n) is 5.34. The van der Waals surface area contributed by atoms with Crippen LogP contribution in [0.25, 0.3) is 0 Å². The Morgan fingerprint density at radius 1 is 1.38 bits per heavy atom. The zero-order valence-corrected chi connectivity index (χ0v) is 9.91. The molecule has 1 amide bonds. The fraction of sp³-hybridized carbons (Fsp3) is 0.385. The Hall–Kier alpha value is -1.64. The highest BCUT2D eigenvalue weighted by molar-refractivity contribution is 5.87. The maximum absolute atomic E-state index is 11.6. The number of aryl methyl sites for hydroxylation is 1. The van der Waals surface area contributed by atoms with E-state index < -0.39 is 6.04 Å². The van der Waals surface area contributed by atoms with Crippen LogP contribution in [0.1, 0.15) is 25.0 Å². The van der Waals surface area contributed by atoms with Gasteiger partial charge in [-0.1, -0.05) is 29.8 Å². The van der Waals surface area contributed by atoms with E-state index in [1.165, 1.54) is 6.92 Å². The predicted octanol–water partition coefficient (Wildman–Crippen LogP) is 1.63. The Bertz CT molecular complexity index is 399. The SMILES string of the molecule is CC(=O)C(C)NC(=O)Cc1cccc(C)c1. The van der Waals surface area contributed by atoms with Gasteiger partial charge in [0, 0.05) is 0 Å². The maximum atomic E-state index is 11.6. The molecule has 0 heterocycles. The van der Waals surface area contributed by atoms with Gasteiger partial charge in [0.25, 0.3) is 0 Å². The highest BCUT2D eigenvalue weighted by atomic mass is 16.2. The van der Waals surface area contributed by atoms with Crippen LogP contribution in [0, 0.1) is 6.92 Å². The van der Waals surface area contributed by atoms with Gasteiger partial charge in [-0.15, -0.1) is 0 Å². The normalized spacial score (nSPS) is 11.9. The van der Waals surface area contributed by atoms with E-state index in [4.69, 9.17) is 0 Å². The third-order valence-electron chi connectivity index (χ3n) is 2.43. The van der Waals surface area contributed by atoms with E-state index in [2.05, 4.69) is 5.32 Å². The summed E-state index contributed by atoms with van der Waals surface area (Å²) in [4.78, 5) is 22.5. The van der Waals surface area contributed by atoms with Crippen molar-refractivity contribution >= 4 is 11.7 Å². The van der Waals surface area contributed by atoms with Crippen LogP contribution in [0.2, 0.25) is 0 Å². The molecule has 1 aromatic rings. The minimum absolute atomic E-state index is 0.0300. The number of benzene rings is 1. The standard InChI is InChI=1S/C13H17NO2/c1-9-5-4-6-12(7-9)8-13(16)14-10(2)11(3)15/h4-7,10H,8H2,1-3H3,(H,14,16). The van der Waals surface area contributed by atoms with Crippen LogP contribution in [-0.4, -0.2) is 17.7 Å². The first-order valence-corrected chi connectivity index (χ1v) is 5.34. The molecule has 0 aliphatic rings. The van der Waals surface area contributed by atoms with Crippen LogP contribution in [0.4, 0.5) is 0 Å². The summed E-state index contributed by atoms with van der Waals surface area (Å²) in [7, 11) is 0. The summed E-state index contributed by atoms with van der Waals surface area (Å²) in [6.07, 6.45) is 0.319. The van der Waals surface area contributed by atoms with Crippen molar-refractivity contribution in [3.05, 3.63) is 35.4 Å². The Morgan fingerprint density at radius 3 is 2.62 bits per heavy atom. The Labute approximate surface area is 95.9 Å². The summed E-state index contributed by atoms with van der Waals surface area (Å²) in [5.74, 6) is -0.147. The van der Waals surface area contributed by atoms with Gasteiger partial charge in [-0.25, -0.2) is 0 Å². The predicted molar refractivity (Wildman–Crippen MR) is 63.2 cm³/mol. The molecule has 1 atom stereocenters. The number of hydrogen-bond acceptors (Lipinski definition) is 2. The average Bonchev–Trinajstić information content (AvgIpc) is 2.16. The minimum atomic E-state index is -0.405. The second-order valence-corrected chi connectivity index (χ2v) is 4.07. The zero-order valence-electron chi connectivity index (χ0n) is 9.91. The highest BCUT2D eigenvalue weighted by Crippen LogP contribution is 2.04. The monoisotopic (exact) mass is 219 g/mol. The fourth-order valence-corrected chi connectivity index (χ4v) is 1.40. The molecular weight excluding hydrogens is 202 g/mol. The van der Waals surface area contributed by atoms with E-state index in [0.717, 1.165) is 11.1 Å². The molecule has 1 N–H and O–H groups in total. The molecule has 0 radical (unpaired) electrons. The molecule has 3 nitrogen and oxygen atoms in total. The van der Waals surface area contributed by atoms with E-state index in [0.29, 0.717) is 6.42 Å². The zero-order chi connectivity index (χ0) is 12.1. The van der Waals surface area contributed by atoms with Crippen molar-refractivity contribution in [2.75, 3.05) is 0 Å². The van der Waals surface area contributed by atoms with Crippen LogP contribution in [-0.2, 0) is 16.0 Å². The van der Waals surface area contributed by atoms with Crippen LogP contribution >= 0.6 is 0 Å². The number of rotatable bonds is 4. The van der Waals surface area contributed by atoms with Crippen LogP contribution < -0.4 is 5.32 Å². The molecule has 16 heavy (non-hydrogen) atoms. The number of nitrogens with one attached hydrogen (secondary N) is 1. The smallest absolute Gasteiger partial charge is 0.224 e. The summed E-state index contributed by atoms with van der Waals surface area (Å²) in [5.41, 5.74) is 2.10. The van der Waals surface area contributed by atoms with Gasteiger partial charge in [0.05, 0.1) is 12.5 Å². The molecule has 0 spiro atoms. The second kappa shape index (κ2) is 5.45. The van der Waals surface area contributed by atoms with E-state index in [1.54, 1.807) is 6.92 Å². The van der Waals surface area contributed by atoms with Gasteiger partial charge in [0.15, 0.2) is 5.78 Å². The molecule has 86 valence electrons. The first-order chi connectivity index (χ1) is 7.49. The summed E-state index contributed by atoms with van der Waals surface area (Å²) in [6.45, 7) is 5.15. The topological polar surface area (TPSA) is 46.2 Å². The Morgan fingerprint density at radius 2 is 2.06 bits per heavy atom. The minimum Gasteiger partial charge on any atom is -0.346 e. The van der Waals surface area contributed by atoms with Crippen molar-refractivity contribution in [2.45, 2.75) is 33.2 Å². The fourth-order valence-electron chi connectivity index (χ4n) is 1.40. The van der Waals surface area contributed by atoms with Crippen molar-refractivity contribution < 1.29 is 9.59 Å². The van der Waals surface area contributed by atoms with E-state index in [9.17, 15) is 9.59 Å².